The van der Waals surface area contributed by atoms with Crippen LogP contribution in [-0.2, 0) is 4.74 Å². The molecule has 1 aromatic carbocycles. The first-order valence-electron chi connectivity index (χ1n) is 6.09. The van der Waals surface area contributed by atoms with E-state index in [2.05, 4.69) is 16.7 Å². The highest BCUT2D eigenvalue weighted by Gasteiger charge is 2.35. The Morgan fingerprint density at radius 1 is 1.24 bits per heavy atom. The molecule has 1 spiro atoms. The number of hydrogen-bond acceptors (Lipinski definition) is 4. The predicted octanol–water partition coefficient (Wildman–Crippen LogP) is 2.08. The molecular weight excluding hydrogens is 216 g/mol. The molecule has 0 saturated carbocycles. The van der Waals surface area contributed by atoms with Crippen molar-refractivity contribution in [3.8, 4) is 5.75 Å². The van der Waals surface area contributed by atoms with E-state index in [1.807, 2.05) is 12.1 Å². The fourth-order valence-electron chi connectivity index (χ4n) is 2.56. The summed E-state index contributed by atoms with van der Waals surface area (Å²) in [6, 6.07) is 6.11. The van der Waals surface area contributed by atoms with Crippen LogP contribution < -0.4 is 15.4 Å². The van der Waals surface area contributed by atoms with Crippen molar-refractivity contribution in [2.45, 2.75) is 18.4 Å². The van der Waals surface area contributed by atoms with E-state index in [1.54, 1.807) is 7.11 Å². The van der Waals surface area contributed by atoms with Crippen LogP contribution in [0.4, 0.5) is 11.4 Å². The van der Waals surface area contributed by atoms with Gasteiger partial charge in [0.15, 0.2) is 0 Å². The average molecular weight is 234 g/mol. The monoisotopic (exact) mass is 234 g/mol. The molecule has 4 nitrogen and oxygen atoms in total. The lowest BCUT2D eigenvalue weighted by Crippen LogP contribution is -2.51. The summed E-state index contributed by atoms with van der Waals surface area (Å²) in [5.41, 5.74) is 2.46. The Morgan fingerprint density at radius 2 is 2.06 bits per heavy atom. The third kappa shape index (κ3) is 1.93. The van der Waals surface area contributed by atoms with Crippen LogP contribution in [0, 0.1) is 0 Å². The van der Waals surface area contributed by atoms with Crippen LogP contribution in [0.15, 0.2) is 18.2 Å². The number of anilines is 2. The van der Waals surface area contributed by atoms with E-state index in [0.717, 1.165) is 44.0 Å². The molecule has 2 aliphatic heterocycles. The standard InChI is InChI=1S/C13H18N2O2/c1-16-10-2-3-11-12(8-10)14-9-13(15-11)4-6-17-7-5-13/h2-3,8,14-15H,4-7,9H2,1H3. The smallest absolute Gasteiger partial charge is 0.121 e. The topological polar surface area (TPSA) is 42.5 Å². The first-order valence-corrected chi connectivity index (χ1v) is 6.09. The molecule has 0 aromatic heterocycles. The van der Waals surface area contributed by atoms with Crippen LogP contribution in [-0.4, -0.2) is 32.4 Å². The van der Waals surface area contributed by atoms with Crippen molar-refractivity contribution in [1.29, 1.82) is 0 Å². The van der Waals surface area contributed by atoms with Gasteiger partial charge in [-0.3, -0.25) is 0 Å². The number of rotatable bonds is 1. The molecule has 4 heteroatoms. The van der Waals surface area contributed by atoms with Gasteiger partial charge in [-0.15, -0.1) is 0 Å². The van der Waals surface area contributed by atoms with Crippen LogP contribution in [0.5, 0.6) is 5.75 Å². The van der Waals surface area contributed by atoms with Crippen LogP contribution in [0.3, 0.4) is 0 Å². The largest absolute Gasteiger partial charge is 0.497 e. The Labute approximate surface area is 101 Å². The normalized spacial score (nSPS) is 21.2. The second kappa shape index (κ2) is 4.11. The summed E-state index contributed by atoms with van der Waals surface area (Å²) in [5, 5.41) is 7.17. The van der Waals surface area contributed by atoms with Crippen LogP contribution in [0.25, 0.3) is 0 Å². The van der Waals surface area contributed by atoms with Crippen molar-refractivity contribution in [3.63, 3.8) is 0 Å². The summed E-state index contributed by atoms with van der Waals surface area (Å²) in [6.07, 6.45) is 2.12. The summed E-state index contributed by atoms with van der Waals surface area (Å²) < 4.78 is 10.7. The summed E-state index contributed by atoms with van der Waals surface area (Å²) in [6.45, 7) is 2.65. The van der Waals surface area contributed by atoms with Gasteiger partial charge in [0.05, 0.1) is 24.0 Å². The third-order valence-electron chi connectivity index (χ3n) is 3.69. The lowest BCUT2D eigenvalue weighted by molar-refractivity contribution is 0.0635. The fraction of sp³-hybridized carbons (Fsp3) is 0.538. The van der Waals surface area contributed by atoms with Gasteiger partial charge in [0.2, 0.25) is 0 Å². The molecular formula is C13H18N2O2. The van der Waals surface area contributed by atoms with E-state index in [4.69, 9.17) is 9.47 Å². The van der Waals surface area contributed by atoms with Crippen molar-refractivity contribution in [1.82, 2.24) is 0 Å². The highest BCUT2D eigenvalue weighted by molar-refractivity contribution is 5.74. The summed E-state index contributed by atoms with van der Waals surface area (Å²) in [5.74, 6) is 0.890. The summed E-state index contributed by atoms with van der Waals surface area (Å²) in [7, 11) is 1.69. The molecule has 0 aliphatic carbocycles. The first kappa shape index (κ1) is 10.7. The van der Waals surface area contributed by atoms with Gasteiger partial charge in [-0.05, 0) is 25.0 Å². The third-order valence-corrected chi connectivity index (χ3v) is 3.69. The zero-order valence-corrected chi connectivity index (χ0v) is 10.1. The Hall–Kier alpha value is -1.42. The van der Waals surface area contributed by atoms with Gasteiger partial charge in [0.25, 0.3) is 0 Å². The maximum atomic E-state index is 5.43. The molecule has 1 aromatic rings. The van der Waals surface area contributed by atoms with E-state index in [9.17, 15) is 0 Å². The van der Waals surface area contributed by atoms with Crippen molar-refractivity contribution < 1.29 is 9.47 Å². The SMILES string of the molecule is COc1ccc2c(c1)NCC1(CCOCC1)N2. The molecule has 0 atom stereocenters. The Bertz CT molecular complexity index is 414. The van der Waals surface area contributed by atoms with Crippen LogP contribution >= 0.6 is 0 Å². The van der Waals surface area contributed by atoms with Gasteiger partial charge in [-0.2, -0.15) is 0 Å². The van der Waals surface area contributed by atoms with E-state index in [1.165, 1.54) is 5.69 Å². The summed E-state index contributed by atoms with van der Waals surface area (Å²) >= 11 is 0. The highest BCUT2D eigenvalue weighted by atomic mass is 16.5. The molecule has 1 saturated heterocycles. The van der Waals surface area contributed by atoms with Crippen molar-refractivity contribution >= 4 is 11.4 Å². The number of nitrogens with one attached hydrogen (secondary N) is 2. The second-order valence-corrected chi connectivity index (χ2v) is 4.78. The minimum Gasteiger partial charge on any atom is -0.497 e. The molecule has 2 N–H and O–H groups in total. The van der Waals surface area contributed by atoms with Crippen LogP contribution in [0.2, 0.25) is 0 Å². The minimum absolute atomic E-state index is 0.167. The quantitative estimate of drug-likeness (QED) is 0.780. The van der Waals surface area contributed by atoms with E-state index in [0.29, 0.717) is 0 Å². The fourth-order valence-corrected chi connectivity index (χ4v) is 2.56. The number of methoxy groups -OCH3 is 1. The number of benzene rings is 1. The second-order valence-electron chi connectivity index (χ2n) is 4.78. The van der Waals surface area contributed by atoms with Gasteiger partial charge in [-0.1, -0.05) is 0 Å². The molecule has 92 valence electrons. The molecule has 0 amide bonds. The van der Waals surface area contributed by atoms with Crippen molar-refractivity contribution in [2.75, 3.05) is 37.5 Å². The van der Waals surface area contributed by atoms with Gasteiger partial charge in [-0.25, -0.2) is 0 Å². The maximum Gasteiger partial charge on any atom is 0.121 e. The zero-order valence-electron chi connectivity index (χ0n) is 10.1. The zero-order chi connectivity index (χ0) is 11.7. The molecule has 0 bridgehead atoms. The van der Waals surface area contributed by atoms with Gasteiger partial charge in [0, 0.05) is 25.8 Å². The molecule has 17 heavy (non-hydrogen) atoms. The molecule has 3 rings (SSSR count). The van der Waals surface area contributed by atoms with Crippen molar-refractivity contribution in [2.24, 2.45) is 0 Å². The van der Waals surface area contributed by atoms with Crippen molar-refractivity contribution in [3.05, 3.63) is 18.2 Å². The predicted molar refractivity (Wildman–Crippen MR) is 67.9 cm³/mol. The number of ether oxygens (including phenoxy) is 2. The van der Waals surface area contributed by atoms with Gasteiger partial charge < -0.3 is 20.1 Å². The Morgan fingerprint density at radius 3 is 2.82 bits per heavy atom. The molecule has 2 aliphatic rings. The number of fused-ring (bicyclic) bond motifs is 1. The highest BCUT2D eigenvalue weighted by Crippen LogP contribution is 2.36. The lowest BCUT2D eigenvalue weighted by Gasteiger charge is -2.43. The molecule has 2 heterocycles. The van der Waals surface area contributed by atoms with Gasteiger partial charge in [0.1, 0.15) is 5.75 Å². The first-order chi connectivity index (χ1) is 8.31. The van der Waals surface area contributed by atoms with E-state index < -0.39 is 0 Å². The molecule has 0 unspecified atom stereocenters. The molecule has 0 radical (unpaired) electrons. The average Bonchev–Trinajstić information content (AvgIpc) is 2.39. The van der Waals surface area contributed by atoms with E-state index >= 15 is 0 Å². The molecule has 1 fully saturated rings. The minimum atomic E-state index is 0.167. The summed E-state index contributed by atoms with van der Waals surface area (Å²) in [4.78, 5) is 0. The Balaban J connectivity index is 1.85. The maximum absolute atomic E-state index is 5.43. The Kier molecular flexibility index (Phi) is 2.59. The van der Waals surface area contributed by atoms with E-state index in [-0.39, 0.29) is 5.54 Å². The van der Waals surface area contributed by atoms with Crippen LogP contribution in [0.1, 0.15) is 12.8 Å². The van der Waals surface area contributed by atoms with Gasteiger partial charge >= 0.3 is 0 Å². The lowest BCUT2D eigenvalue weighted by atomic mass is 9.87. The number of hydrogen-bond donors (Lipinski definition) is 2.